The topological polar surface area (TPSA) is 20.5 Å². The van der Waals surface area contributed by atoms with Crippen LogP contribution < -0.4 is 0 Å². The van der Waals surface area contributed by atoms with Crippen LogP contribution in [0.25, 0.3) is 16.6 Å². The van der Waals surface area contributed by atoms with Gasteiger partial charge in [-0.3, -0.25) is 4.99 Å². The molecule has 0 radical (unpaired) electrons. The minimum absolute atomic E-state index is 0.354. The maximum atomic E-state index is 6.06. The Morgan fingerprint density at radius 3 is 2.81 bits per heavy atom. The van der Waals surface area contributed by atoms with Crippen molar-refractivity contribution in [3.63, 3.8) is 0 Å². The summed E-state index contributed by atoms with van der Waals surface area (Å²) in [5, 5.41) is 5.42. The van der Waals surface area contributed by atoms with Crippen LogP contribution in [0.3, 0.4) is 0 Å². The minimum atomic E-state index is 0.354. The Bertz CT molecular complexity index is 1050. The zero-order valence-electron chi connectivity index (χ0n) is 14.4. The molecule has 0 spiro atoms. The van der Waals surface area contributed by atoms with Gasteiger partial charge in [-0.1, -0.05) is 53.7 Å². The molecule has 0 saturated carbocycles. The Kier molecular flexibility index (Phi) is 3.84. The number of nitrogens with zero attached hydrogens (tertiary/aromatic N) is 3. The molecule has 0 aliphatic carbocycles. The molecule has 1 atom stereocenters. The first-order valence-electron chi connectivity index (χ1n) is 8.70. The van der Waals surface area contributed by atoms with Gasteiger partial charge in [0.05, 0.1) is 18.3 Å². The second-order valence-electron chi connectivity index (χ2n) is 6.76. The average molecular weight is 380 g/mol. The van der Waals surface area contributed by atoms with Crippen molar-refractivity contribution in [2.75, 3.05) is 6.54 Å². The number of thioether (sulfide) groups is 1. The molecular formula is C21H18ClN3S. The monoisotopic (exact) mass is 379 g/mol. The lowest BCUT2D eigenvalue weighted by atomic mass is 10.0. The van der Waals surface area contributed by atoms with Crippen molar-refractivity contribution >= 4 is 45.1 Å². The van der Waals surface area contributed by atoms with Gasteiger partial charge in [-0.05, 0) is 35.7 Å². The van der Waals surface area contributed by atoms with Crippen molar-refractivity contribution in [2.45, 2.75) is 12.5 Å². The lowest BCUT2D eigenvalue weighted by Gasteiger charge is -2.26. The molecule has 0 unspecified atom stereocenters. The zero-order valence-corrected chi connectivity index (χ0v) is 16.0. The quantitative estimate of drug-likeness (QED) is 0.626. The fraction of sp³-hybridized carbons (Fsp3) is 0.190. The number of halogens is 1. The van der Waals surface area contributed by atoms with E-state index in [9.17, 15) is 0 Å². The van der Waals surface area contributed by atoms with E-state index in [0.29, 0.717) is 6.04 Å². The van der Waals surface area contributed by atoms with E-state index in [1.54, 1.807) is 11.8 Å². The van der Waals surface area contributed by atoms with E-state index in [0.717, 1.165) is 23.2 Å². The Balaban J connectivity index is 1.47. The molecule has 3 nitrogen and oxygen atoms in total. The molecule has 130 valence electrons. The maximum Gasteiger partial charge on any atom is 0.168 e. The zero-order chi connectivity index (χ0) is 17.7. The predicted molar refractivity (Wildman–Crippen MR) is 112 cm³/mol. The Labute approximate surface area is 162 Å². The first-order valence-corrected chi connectivity index (χ1v) is 9.96. The number of rotatable bonds is 3. The molecule has 0 bridgehead atoms. The van der Waals surface area contributed by atoms with Crippen LogP contribution in [-0.2, 0) is 13.5 Å². The standard InChI is InChI=1S/C21H18ClN3S/c1-24-12-15(18-4-2-3-5-19(18)24)10-17-11-23-21-25(17)20(13-26-21)14-6-8-16(22)9-7-14/h2-9,12-13,17H,10-11H2,1H3/t17-/m0/s1. The van der Waals surface area contributed by atoms with Crippen molar-refractivity contribution in [3.8, 4) is 0 Å². The summed E-state index contributed by atoms with van der Waals surface area (Å²) in [6.45, 7) is 0.844. The van der Waals surface area contributed by atoms with Gasteiger partial charge in [-0.25, -0.2) is 0 Å². The molecule has 1 aromatic heterocycles. The third kappa shape index (κ3) is 2.56. The van der Waals surface area contributed by atoms with Crippen LogP contribution >= 0.6 is 23.4 Å². The molecular weight excluding hydrogens is 362 g/mol. The normalized spacial score (nSPS) is 19.0. The Morgan fingerprint density at radius 2 is 1.96 bits per heavy atom. The summed E-state index contributed by atoms with van der Waals surface area (Å²) in [6.07, 6.45) is 3.25. The second-order valence-corrected chi connectivity index (χ2v) is 8.03. The van der Waals surface area contributed by atoms with Crippen LogP contribution in [0, 0.1) is 0 Å². The van der Waals surface area contributed by atoms with Gasteiger partial charge in [0.2, 0.25) is 0 Å². The van der Waals surface area contributed by atoms with Crippen molar-refractivity contribution in [2.24, 2.45) is 12.0 Å². The molecule has 0 N–H and O–H groups in total. The Hall–Kier alpha value is -2.17. The van der Waals surface area contributed by atoms with Gasteiger partial charge in [-0.15, -0.1) is 0 Å². The second kappa shape index (κ2) is 6.22. The summed E-state index contributed by atoms with van der Waals surface area (Å²) in [7, 11) is 2.12. The van der Waals surface area contributed by atoms with Crippen LogP contribution in [0.5, 0.6) is 0 Å². The third-order valence-electron chi connectivity index (χ3n) is 5.12. The highest BCUT2D eigenvalue weighted by molar-refractivity contribution is 8.16. The van der Waals surface area contributed by atoms with Crippen molar-refractivity contribution < 1.29 is 0 Å². The number of benzene rings is 2. The molecule has 3 heterocycles. The van der Waals surface area contributed by atoms with Gasteiger partial charge in [0.25, 0.3) is 0 Å². The van der Waals surface area contributed by atoms with Crippen LogP contribution in [-0.4, -0.2) is 27.2 Å². The summed E-state index contributed by atoms with van der Waals surface area (Å²) >= 11 is 7.78. The van der Waals surface area contributed by atoms with Gasteiger partial charge >= 0.3 is 0 Å². The summed E-state index contributed by atoms with van der Waals surface area (Å²) in [5.41, 5.74) is 5.09. The first kappa shape index (κ1) is 16.0. The molecule has 26 heavy (non-hydrogen) atoms. The van der Waals surface area contributed by atoms with E-state index >= 15 is 0 Å². The Morgan fingerprint density at radius 1 is 1.15 bits per heavy atom. The summed E-state index contributed by atoms with van der Waals surface area (Å²) in [5.74, 6) is 0. The highest BCUT2D eigenvalue weighted by Crippen LogP contribution is 2.39. The number of hydrogen-bond donors (Lipinski definition) is 0. The lowest BCUT2D eigenvalue weighted by Crippen LogP contribution is -2.33. The fourth-order valence-corrected chi connectivity index (χ4v) is 4.99. The number of amidine groups is 1. The lowest BCUT2D eigenvalue weighted by molar-refractivity contribution is 0.463. The highest BCUT2D eigenvalue weighted by atomic mass is 35.5. The molecule has 5 heteroatoms. The van der Waals surface area contributed by atoms with Crippen molar-refractivity contribution in [1.29, 1.82) is 0 Å². The molecule has 5 rings (SSSR count). The number of hydrogen-bond acceptors (Lipinski definition) is 3. The maximum absolute atomic E-state index is 6.06. The van der Waals surface area contributed by atoms with Gasteiger partial charge in [0.15, 0.2) is 5.17 Å². The summed E-state index contributed by atoms with van der Waals surface area (Å²) in [6, 6.07) is 17.1. The number of aliphatic imine (C=N–C) groups is 1. The fourth-order valence-electron chi connectivity index (χ4n) is 3.88. The molecule has 0 amide bonds. The average Bonchev–Trinajstić information content (AvgIpc) is 3.32. The molecule has 3 aromatic rings. The van der Waals surface area contributed by atoms with E-state index in [4.69, 9.17) is 16.6 Å². The molecule has 0 fully saturated rings. The number of aromatic nitrogens is 1. The van der Waals surface area contributed by atoms with E-state index in [-0.39, 0.29) is 0 Å². The largest absolute Gasteiger partial charge is 0.350 e. The van der Waals surface area contributed by atoms with Gasteiger partial charge in [0, 0.05) is 34.6 Å². The molecule has 2 aliphatic rings. The molecule has 2 aromatic carbocycles. The number of aryl methyl sites for hydroxylation is 1. The smallest absolute Gasteiger partial charge is 0.168 e. The van der Waals surface area contributed by atoms with Crippen LogP contribution in [0.15, 0.2) is 65.1 Å². The number of para-hydroxylation sites is 1. The van der Waals surface area contributed by atoms with Crippen LogP contribution in [0.1, 0.15) is 11.1 Å². The SMILES string of the molecule is Cn1cc(C[C@H]2CN=C3SC=C(c4ccc(Cl)cc4)N32)c2ccccc21. The van der Waals surface area contributed by atoms with E-state index in [1.165, 1.54) is 27.7 Å². The van der Waals surface area contributed by atoms with E-state index in [2.05, 4.69) is 64.5 Å². The minimum Gasteiger partial charge on any atom is -0.350 e. The van der Waals surface area contributed by atoms with Gasteiger partial charge in [0.1, 0.15) is 0 Å². The predicted octanol–water partition coefficient (Wildman–Crippen LogP) is 5.16. The summed E-state index contributed by atoms with van der Waals surface area (Å²) in [4.78, 5) is 7.17. The van der Waals surface area contributed by atoms with Gasteiger partial charge < -0.3 is 9.47 Å². The molecule has 2 aliphatic heterocycles. The van der Waals surface area contributed by atoms with Gasteiger partial charge in [-0.2, -0.15) is 0 Å². The van der Waals surface area contributed by atoms with E-state index < -0.39 is 0 Å². The van der Waals surface area contributed by atoms with Crippen molar-refractivity contribution in [3.05, 3.63) is 76.3 Å². The first-order chi connectivity index (χ1) is 12.7. The van der Waals surface area contributed by atoms with Crippen LogP contribution in [0.4, 0.5) is 0 Å². The van der Waals surface area contributed by atoms with Crippen LogP contribution in [0.2, 0.25) is 5.02 Å². The molecule has 0 saturated heterocycles. The number of fused-ring (bicyclic) bond motifs is 2. The van der Waals surface area contributed by atoms with E-state index in [1.807, 2.05) is 12.1 Å². The highest BCUT2D eigenvalue weighted by Gasteiger charge is 2.35. The van der Waals surface area contributed by atoms with Crippen molar-refractivity contribution in [1.82, 2.24) is 9.47 Å². The third-order valence-corrected chi connectivity index (χ3v) is 6.25. The summed E-state index contributed by atoms with van der Waals surface area (Å²) < 4.78 is 2.22.